The van der Waals surface area contributed by atoms with Crippen LogP contribution >= 0.6 is 0 Å². The Labute approximate surface area is 124 Å². The van der Waals surface area contributed by atoms with Crippen LogP contribution < -0.4 is 0 Å². The van der Waals surface area contributed by atoms with E-state index in [1.165, 1.54) is 4.31 Å². The Morgan fingerprint density at radius 2 is 1.95 bits per heavy atom. The molecule has 7 heteroatoms. The molecule has 0 aliphatic carbocycles. The molecule has 0 unspecified atom stereocenters. The van der Waals surface area contributed by atoms with Crippen molar-refractivity contribution in [3.8, 4) is 0 Å². The van der Waals surface area contributed by atoms with Crippen molar-refractivity contribution in [2.45, 2.75) is 24.5 Å². The van der Waals surface area contributed by atoms with Crippen molar-refractivity contribution in [2.75, 3.05) is 14.1 Å². The van der Waals surface area contributed by atoms with Crippen molar-refractivity contribution in [1.29, 1.82) is 0 Å². The van der Waals surface area contributed by atoms with E-state index in [1.807, 2.05) is 19.0 Å². The van der Waals surface area contributed by atoms with Crippen LogP contribution in [0.3, 0.4) is 0 Å². The second-order valence-electron chi connectivity index (χ2n) is 5.30. The predicted octanol–water partition coefficient (Wildman–Crippen LogP) is 1.44. The highest BCUT2D eigenvalue weighted by atomic mass is 32.2. The van der Waals surface area contributed by atoms with Crippen LogP contribution in [-0.2, 0) is 29.7 Å². The van der Waals surface area contributed by atoms with Crippen molar-refractivity contribution >= 4 is 10.0 Å². The van der Waals surface area contributed by atoms with Gasteiger partial charge in [-0.1, -0.05) is 18.2 Å². The Hall–Kier alpha value is -1.70. The van der Waals surface area contributed by atoms with Crippen LogP contribution in [0.1, 0.15) is 17.3 Å². The number of hydrogen-bond donors (Lipinski definition) is 0. The maximum Gasteiger partial charge on any atom is 0.243 e. The summed E-state index contributed by atoms with van der Waals surface area (Å²) >= 11 is 0. The van der Waals surface area contributed by atoms with E-state index >= 15 is 0 Å². The molecule has 2 heterocycles. The van der Waals surface area contributed by atoms with Crippen LogP contribution in [0.5, 0.6) is 0 Å². The van der Waals surface area contributed by atoms with Crippen molar-refractivity contribution in [1.82, 2.24) is 14.2 Å². The minimum absolute atomic E-state index is 0.243. The summed E-state index contributed by atoms with van der Waals surface area (Å²) in [5, 5.41) is 0. The lowest BCUT2D eigenvalue weighted by atomic mass is 10.4. The van der Waals surface area contributed by atoms with Crippen LogP contribution in [0.25, 0.3) is 0 Å². The molecule has 0 radical (unpaired) electrons. The first-order valence-electron chi connectivity index (χ1n) is 6.64. The average Bonchev–Trinajstić information content (AvgIpc) is 2.97. The van der Waals surface area contributed by atoms with E-state index in [9.17, 15) is 8.42 Å². The standard InChI is InChI=1S/C14H17N3O3S/c1-16(2)10-14-15-12-8-17(9-13(12)20-14)21(18,19)11-6-4-3-5-7-11/h3-7H,8-10H2,1-2H3. The molecule has 0 saturated heterocycles. The lowest BCUT2D eigenvalue weighted by molar-refractivity contribution is 0.318. The molecule has 0 saturated carbocycles. The lowest BCUT2D eigenvalue weighted by Gasteiger charge is -2.15. The number of aromatic nitrogens is 1. The second kappa shape index (κ2) is 5.25. The van der Waals surface area contributed by atoms with Crippen molar-refractivity contribution in [3.05, 3.63) is 47.7 Å². The van der Waals surface area contributed by atoms with Gasteiger partial charge in [0.15, 0.2) is 0 Å². The summed E-state index contributed by atoms with van der Waals surface area (Å²) in [5.41, 5.74) is 0.714. The maximum absolute atomic E-state index is 12.5. The van der Waals surface area contributed by atoms with Crippen molar-refractivity contribution in [2.24, 2.45) is 0 Å². The van der Waals surface area contributed by atoms with Crippen molar-refractivity contribution in [3.63, 3.8) is 0 Å². The molecule has 0 amide bonds. The molecule has 0 fully saturated rings. The third kappa shape index (κ3) is 2.72. The molecule has 0 atom stereocenters. The van der Waals surface area contributed by atoms with Crippen LogP contribution in [0, 0.1) is 0 Å². The van der Waals surface area contributed by atoms with Gasteiger partial charge in [-0.05, 0) is 26.2 Å². The van der Waals surface area contributed by atoms with E-state index in [0.29, 0.717) is 28.8 Å². The summed E-state index contributed by atoms with van der Waals surface area (Å²) in [5.74, 6) is 1.27. The normalized spacial score (nSPS) is 15.6. The first kappa shape index (κ1) is 14.2. The molecule has 21 heavy (non-hydrogen) atoms. The Bertz CT molecular complexity index is 715. The van der Waals surface area contributed by atoms with Gasteiger partial charge in [0.05, 0.1) is 30.2 Å². The number of sulfonamides is 1. The van der Waals surface area contributed by atoms with E-state index < -0.39 is 10.0 Å². The van der Waals surface area contributed by atoms with Crippen LogP contribution in [0.2, 0.25) is 0 Å². The van der Waals surface area contributed by atoms with Crippen LogP contribution in [0.4, 0.5) is 0 Å². The number of oxazole rings is 1. The molecule has 112 valence electrons. The van der Waals surface area contributed by atoms with Gasteiger partial charge in [-0.25, -0.2) is 13.4 Å². The van der Waals surface area contributed by atoms with Crippen LogP contribution in [0.15, 0.2) is 39.6 Å². The number of hydrogen-bond acceptors (Lipinski definition) is 5. The summed E-state index contributed by atoms with van der Waals surface area (Å²) in [6, 6.07) is 8.42. The Kier molecular flexibility index (Phi) is 3.56. The van der Waals surface area contributed by atoms with E-state index in [4.69, 9.17) is 4.42 Å². The lowest BCUT2D eigenvalue weighted by Crippen LogP contribution is -2.26. The molecule has 3 rings (SSSR count). The Morgan fingerprint density at radius 3 is 2.57 bits per heavy atom. The molecular formula is C14H17N3O3S. The molecule has 1 aromatic carbocycles. The smallest absolute Gasteiger partial charge is 0.243 e. The zero-order valence-electron chi connectivity index (χ0n) is 12.0. The quantitative estimate of drug-likeness (QED) is 0.855. The minimum Gasteiger partial charge on any atom is -0.443 e. The van der Waals surface area contributed by atoms with Gasteiger partial charge in [-0.3, -0.25) is 0 Å². The van der Waals surface area contributed by atoms with E-state index in [0.717, 1.165) is 0 Å². The molecule has 0 N–H and O–H groups in total. The fraction of sp³-hybridized carbons (Fsp3) is 0.357. The summed E-state index contributed by atoms with van der Waals surface area (Å²) < 4.78 is 32.1. The maximum atomic E-state index is 12.5. The van der Waals surface area contributed by atoms with Gasteiger partial charge in [-0.2, -0.15) is 4.31 Å². The third-order valence-electron chi connectivity index (χ3n) is 3.30. The van der Waals surface area contributed by atoms with E-state index in [2.05, 4.69) is 4.98 Å². The molecule has 1 aliphatic heterocycles. The Balaban J connectivity index is 1.80. The molecule has 0 spiro atoms. The third-order valence-corrected chi connectivity index (χ3v) is 5.11. The van der Waals surface area contributed by atoms with Gasteiger partial charge in [0.2, 0.25) is 15.9 Å². The topological polar surface area (TPSA) is 66.7 Å². The zero-order valence-corrected chi connectivity index (χ0v) is 12.8. The van der Waals surface area contributed by atoms with Gasteiger partial charge in [0.1, 0.15) is 5.76 Å². The second-order valence-corrected chi connectivity index (χ2v) is 7.24. The monoisotopic (exact) mass is 307 g/mol. The first-order chi connectivity index (χ1) is 9.96. The molecule has 2 aromatic rings. The van der Waals surface area contributed by atoms with Gasteiger partial charge in [0.25, 0.3) is 0 Å². The highest BCUT2D eigenvalue weighted by Crippen LogP contribution is 2.29. The summed E-state index contributed by atoms with van der Waals surface area (Å²) in [6.07, 6.45) is 0. The largest absolute Gasteiger partial charge is 0.443 e. The molecule has 1 aromatic heterocycles. The molecular weight excluding hydrogens is 290 g/mol. The first-order valence-corrected chi connectivity index (χ1v) is 8.08. The number of benzene rings is 1. The summed E-state index contributed by atoms with van der Waals surface area (Å²) in [4.78, 5) is 6.63. The fourth-order valence-electron chi connectivity index (χ4n) is 2.32. The number of rotatable bonds is 4. The van der Waals surface area contributed by atoms with E-state index in [-0.39, 0.29) is 13.1 Å². The fourth-order valence-corrected chi connectivity index (χ4v) is 3.70. The summed E-state index contributed by atoms with van der Waals surface area (Å²) in [7, 11) is 0.375. The predicted molar refractivity (Wildman–Crippen MR) is 76.8 cm³/mol. The summed E-state index contributed by atoms with van der Waals surface area (Å²) in [6.45, 7) is 1.12. The van der Waals surface area contributed by atoms with Gasteiger partial charge in [0, 0.05) is 0 Å². The highest BCUT2D eigenvalue weighted by molar-refractivity contribution is 7.89. The van der Waals surface area contributed by atoms with Gasteiger partial charge >= 0.3 is 0 Å². The number of nitrogens with zero attached hydrogens (tertiary/aromatic N) is 3. The van der Waals surface area contributed by atoms with Gasteiger partial charge < -0.3 is 9.32 Å². The zero-order chi connectivity index (χ0) is 15.0. The molecule has 6 nitrogen and oxygen atoms in total. The van der Waals surface area contributed by atoms with Crippen molar-refractivity contribution < 1.29 is 12.8 Å². The SMILES string of the molecule is CN(C)Cc1nc2c(o1)CN(S(=O)(=O)c1ccccc1)C2. The molecule has 0 bridgehead atoms. The van der Waals surface area contributed by atoms with Crippen LogP contribution in [-0.4, -0.2) is 36.7 Å². The van der Waals surface area contributed by atoms with E-state index in [1.54, 1.807) is 30.3 Å². The Morgan fingerprint density at radius 1 is 1.24 bits per heavy atom. The average molecular weight is 307 g/mol. The highest BCUT2D eigenvalue weighted by Gasteiger charge is 2.34. The number of fused-ring (bicyclic) bond motifs is 1. The molecule has 1 aliphatic rings. The minimum atomic E-state index is -3.49. The van der Waals surface area contributed by atoms with Gasteiger partial charge in [-0.15, -0.1) is 0 Å².